The number of rotatable bonds is 5. The molecule has 1 aromatic rings. The van der Waals surface area contributed by atoms with E-state index in [0.29, 0.717) is 4.88 Å². The number of hydrogen-bond donors (Lipinski definition) is 0. The minimum absolute atomic E-state index is 0.0798. The van der Waals surface area contributed by atoms with E-state index in [4.69, 9.17) is 9.47 Å². The number of Topliss-reactive ketones (excluding diaryl/α,β-unsaturated/α-hetero) is 1. The first-order chi connectivity index (χ1) is 10.6. The van der Waals surface area contributed by atoms with Crippen molar-refractivity contribution in [3.8, 4) is 0 Å². The Labute approximate surface area is 139 Å². The van der Waals surface area contributed by atoms with Gasteiger partial charge in [0.2, 0.25) is 0 Å². The van der Waals surface area contributed by atoms with E-state index >= 15 is 0 Å². The Balaban J connectivity index is 2.24. The number of cyclic esters (lactones) is 1. The maximum atomic E-state index is 12.6. The van der Waals surface area contributed by atoms with Gasteiger partial charge in [0.1, 0.15) is 17.1 Å². The Morgan fingerprint density at radius 3 is 2.57 bits per heavy atom. The Kier molecular flexibility index (Phi) is 4.75. The molecule has 0 amide bonds. The maximum Gasteiger partial charge on any atom is 0.331 e. The van der Waals surface area contributed by atoms with E-state index in [1.165, 1.54) is 23.5 Å². The van der Waals surface area contributed by atoms with E-state index in [0.717, 1.165) is 0 Å². The summed E-state index contributed by atoms with van der Waals surface area (Å²) >= 11 is 1.31. The van der Waals surface area contributed by atoms with Crippen molar-refractivity contribution in [3.63, 3.8) is 0 Å². The molecule has 0 saturated heterocycles. The highest BCUT2D eigenvalue weighted by Crippen LogP contribution is 2.34. The monoisotopic (exact) mass is 336 g/mol. The molecule has 2 atom stereocenters. The summed E-state index contributed by atoms with van der Waals surface area (Å²) in [5.41, 5.74) is -1.86. The summed E-state index contributed by atoms with van der Waals surface area (Å²) in [5.74, 6) is -2.14. The number of thiophene rings is 1. The highest BCUT2D eigenvalue weighted by molar-refractivity contribution is 7.12. The lowest BCUT2D eigenvalue weighted by Crippen LogP contribution is -2.43. The van der Waals surface area contributed by atoms with Gasteiger partial charge >= 0.3 is 11.9 Å². The van der Waals surface area contributed by atoms with Gasteiger partial charge in [-0.1, -0.05) is 6.07 Å². The van der Waals surface area contributed by atoms with Gasteiger partial charge in [-0.3, -0.25) is 9.59 Å². The average Bonchev–Trinajstić information content (AvgIpc) is 3.04. The molecule has 0 aliphatic carbocycles. The molecule has 0 saturated carbocycles. The zero-order chi connectivity index (χ0) is 17.3. The number of ketones is 1. The summed E-state index contributed by atoms with van der Waals surface area (Å²) in [4.78, 5) is 37.0. The molecule has 2 rings (SSSR count). The van der Waals surface area contributed by atoms with Crippen molar-refractivity contribution in [1.29, 1.82) is 0 Å². The molecular weight excluding hydrogens is 316 g/mol. The van der Waals surface area contributed by atoms with Crippen molar-refractivity contribution in [2.24, 2.45) is 5.92 Å². The van der Waals surface area contributed by atoms with E-state index < -0.39 is 29.1 Å². The number of ether oxygens (including phenoxy) is 2. The maximum absolute atomic E-state index is 12.6. The van der Waals surface area contributed by atoms with E-state index in [1.54, 1.807) is 45.2 Å². The van der Waals surface area contributed by atoms with Crippen molar-refractivity contribution >= 4 is 29.1 Å². The molecule has 23 heavy (non-hydrogen) atoms. The van der Waals surface area contributed by atoms with E-state index in [1.807, 2.05) is 0 Å². The molecule has 0 N–H and O–H groups in total. The summed E-state index contributed by atoms with van der Waals surface area (Å²) in [6.07, 6.45) is 2.71. The van der Waals surface area contributed by atoms with Crippen LogP contribution >= 0.6 is 11.3 Å². The summed E-state index contributed by atoms with van der Waals surface area (Å²) in [6, 6.07) is 3.48. The molecule has 0 fully saturated rings. The molecule has 1 aliphatic rings. The molecule has 0 aromatic carbocycles. The van der Waals surface area contributed by atoms with Crippen LogP contribution in [-0.4, -0.2) is 28.9 Å². The van der Waals surface area contributed by atoms with Crippen LogP contribution < -0.4 is 0 Å². The Morgan fingerprint density at radius 1 is 1.39 bits per heavy atom. The molecule has 0 bridgehead atoms. The van der Waals surface area contributed by atoms with Crippen LogP contribution in [0.5, 0.6) is 0 Å². The zero-order valence-electron chi connectivity index (χ0n) is 13.6. The highest BCUT2D eigenvalue weighted by Gasteiger charge is 2.46. The number of esters is 2. The van der Waals surface area contributed by atoms with E-state index in [9.17, 15) is 14.4 Å². The van der Waals surface area contributed by atoms with E-state index in [2.05, 4.69) is 0 Å². The van der Waals surface area contributed by atoms with Crippen molar-refractivity contribution in [1.82, 2.24) is 0 Å². The Bertz CT molecular complexity index is 638. The van der Waals surface area contributed by atoms with Gasteiger partial charge < -0.3 is 9.47 Å². The fourth-order valence-electron chi connectivity index (χ4n) is 2.32. The van der Waals surface area contributed by atoms with Crippen LogP contribution in [0.15, 0.2) is 29.7 Å². The zero-order valence-corrected chi connectivity index (χ0v) is 14.4. The molecule has 1 aliphatic heterocycles. The van der Waals surface area contributed by atoms with Gasteiger partial charge in [0.15, 0.2) is 5.78 Å². The van der Waals surface area contributed by atoms with Gasteiger partial charge in [-0.25, -0.2) is 4.79 Å². The van der Waals surface area contributed by atoms with Gasteiger partial charge in [-0.2, -0.15) is 0 Å². The first-order valence-electron chi connectivity index (χ1n) is 7.32. The largest absolute Gasteiger partial charge is 0.460 e. The quantitative estimate of drug-likeness (QED) is 0.610. The second kappa shape index (κ2) is 6.28. The predicted octanol–water partition coefficient (Wildman–Crippen LogP) is 3.15. The first-order valence-corrected chi connectivity index (χ1v) is 8.20. The van der Waals surface area contributed by atoms with Crippen molar-refractivity contribution in [2.75, 3.05) is 0 Å². The molecule has 0 radical (unpaired) electrons. The summed E-state index contributed by atoms with van der Waals surface area (Å²) in [6.45, 7) is 6.87. The number of carbonyl (C=O) groups is 3. The molecule has 6 heteroatoms. The topological polar surface area (TPSA) is 69.7 Å². The number of hydrogen-bond acceptors (Lipinski definition) is 6. The second-order valence-electron chi connectivity index (χ2n) is 6.63. The third-order valence-corrected chi connectivity index (χ3v) is 4.35. The van der Waals surface area contributed by atoms with Gasteiger partial charge in [-0.05, 0) is 45.2 Å². The summed E-state index contributed by atoms with van der Waals surface area (Å²) in [7, 11) is 0. The smallest absolute Gasteiger partial charge is 0.331 e. The van der Waals surface area contributed by atoms with Gasteiger partial charge in [0.05, 0.1) is 4.88 Å². The lowest BCUT2D eigenvalue weighted by molar-refractivity contribution is -0.171. The predicted molar refractivity (Wildman–Crippen MR) is 86.2 cm³/mol. The molecule has 1 aromatic heterocycles. The van der Waals surface area contributed by atoms with Gasteiger partial charge in [0.25, 0.3) is 0 Å². The van der Waals surface area contributed by atoms with Crippen LogP contribution in [0.4, 0.5) is 0 Å². The second-order valence-corrected chi connectivity index (χ2v) is 7.58. The summed E-state index contributed by atoms with van der Waals surface area (Å²) in [5, 5.41) is 1.80. The molecule has 124 valence electrons. The molecule has 0 unspecified atom stereocenters. The third kappa shape index (κ3) is 4.28. The minimum atomic E-state index is -1.17. The standard InChI is InChI=1S/C17H20O5S/c1-16(2,3)22-15(20)11(17(4)8-7-14(19)21-17)10-12(18)13-6-5-9-23-13/h5-9,11H,10H2,1-4H3/t11-,17+/m1/s1. The third-order valence-electron chi connectivity index (χ3n) is 3.44. The first kappa shape index (κ1) is 17.4. The van der Waals surface area contributed by atoms with Crippen LogP contribution in [0.2, 0.25) is 0 Å². The summed E-state index contributed by atoms with van der Waals surface area (Å²) < 4.78 is 10.7. The SMILES string of the molecule is CC(C)(C)OC(=O)[C@@H](CC(=O)c1cccs1)[C@]1(C)C=CC(=O)O1. The molecule has 2 heterocycles. The van der Waals surface area contributed by atoms with E-state index in [-0.39, 0.29) is 12.2 Å². The van der Waals surface area contributed by atoms with Gasteiger partial charge in [0, 0.05) is 12.5 Å². The van der Waals surface area contributed by atoms with Crippen molar-refractivity contribution in [2.45, 2.75) is 45.3 Å². The Hall–Kier alpha value is -1.95. The number of carbonyl (C=O) groups excluding carboxylic acids is 3. The molecular formula is C17H20O5S. The van der Waals surface area contributed by atoms with Crippen LogP contribution in [0.3, 0.4) is 0 Å². The van der Waals surface area contributed by atoms with Crippen LogP contribution in [-0.2, 0) is 19.1 Å². The van der Waals surface area contributed by atoms with Crippen molar-refractivity contribution in [3.05, 3.63) is 34.5 Å². The fraction of sp³-hybridized carbons (Fsp3) is 0.471. The van der Waals surface area contributed by atoms with Gasteiger partial charge in [-0.15, -0.1) is 11.3 Å². The van der Waals surface area contributed by atoms with Crippen molar-refractivity contribution < 1.29 is 23.9 Å². The minimum Gasteiger partial charge on any atom is -0.460 e. The van der Waals surface area contributed by atoms with Crippen LogP contribution in [0, 0.1) is 5.92 Å². The normalized spacial score (nSPS) is 21.8. The van der Waals surface area contributed by atoms with Crippen LogP contribution in [0.1, 0.15) is 43.8 Å². The lowest BCUT2D eigenvalue weighted by Gasteiger charge is -2.32. The Morgan fingerprint density at radius 2 is 2.09 bits per heavy atom. The molecule has 5 nitrogen and oxygen atoms in total. The highest BCUT2D eigenvalue weighted by atomic mass is 32.1. The fourth-order valence-corrected chi connectivity index (χ4v) is 3.00. The lowest BCUT2D eigenvalue weighted by atomic mass is 9.84. The molecule has 0 spiro atoms. The van der Waals surface area contributed by atoms with Crippen LogP contribution in [0.25, 0.3) is 0 Å². The average molecular weight is 336 g/mol.